The Bertz CT molecular complexity index is 343. The Balaban J connectivity index is 2.18. The van der Waals surface area contributed by atoms with Gasteiger partial charge in [-0.1, -0.05) is 5.11 Å². The number of amides is 1. The van der Waals surface area contributed by atoms with Crippen molar-refractivity contribution in [3.05, 3.63) is 10.4 Å². The highest BCUT2D eigenvalue weighted by molar-refractivity contribution is 5.73. The minimum Gasteiger partial charge on any atom is -0.390 e. The van der Waals surface area contributed by atoms with Gasteiger partial charge in [0.25, 0.3) is 0 Å². The van der Waals surface area contributed by atoms with Gasteiger partial charge in [-0.2, -0.15) is 0 Å². The van der Waals surface area contributed by atoms with Crippen LogP contribution in [0, 0.1) is 0 Å². The van der Waals surface area contributed by atoms with Gasteiger partial charge in [-0.15, -0.1) is 0 Å². The van der Waals surface area contributed by atoms with Crippen molar-refractivity contribution in [3.63, 3.8) is 0 Å². The molecule has 5 atom stereocenters. The summed E-state index contributed by atoms with van der Waals surface area (Å²) in [5, 5.41) is 16.0. The number of rotatable bonds is 2. The zero-order chi connectivity index (χ0) is 11.7. The number of hydrogen-bond donors (Lipinski definition) is 2. The van der Waals surface area contributed by atoms with Crippen molar-refractivity contribution in [2.75, 3.05) is 6.61 Å². The van der Waals surface area contributed by atoms with Crippen LogP contribution < -0.4 is 5.32 Å². The Morgan fingerprint density at radius 3 is 3.06 bits per heavy atom. The van der Waals surface area contributed by atoms with Crippen molar-refractivity contribution in [2.45, 2.75) is 37.5 Å². The SMILES string of the molecule is CC(=O)NC1[C@@H]2OCC(O2)[C@@H](N=[N+]=[N-])[C@H]1O. The smallest absolute Gasteiger partial charge is 0.217 e. The quantitative estimate of drug-likeness (QED) is 0.368. The number of nitrogens with one attached hydrogen (secondary N) is 1. The van der Waals surface area contributed by atoms with Crippen molar-refractivity contribution < 1.29 is 19.4 Å². The van der Waals surface area contributed by atoms with E-state index in [4.69, 9.17) is 15.0 Å². The number of aliphatic hydroxyl groups is 1. The van der Waals surface area contributed by atoms with E-state index in [-0.39, 0.29) is 12.5 Å². The molecule has 2 rings (SSSR count). The van der Waals surface area contributed by atoms with Gasteiger partial charge in [0.1, 0.15) is 6.04 Å². The fourth-order valence-corrected chi connectivity index (χ4v) is 1.99. The van der Waals surface area contributed by atoms with E-state index in [9.17, 15) is 9.90 Å². The van der Waals surface area contributed by atoms with E-state index in [1.807, 2.05) is 0 Å². The summed E-state index contributed by atoms with van der Waals surface area (Å²) in [4.78, 5) is 13.6. The molecule has 16 heavy (non-hydrogen) atoms. The molecule has 2 heterocycles. The predicted octanol–water partition coefficient (Wildman–Crippen LogP) is -0.714. The summed E-state index contributed by atoms with van der Waals surface area (Å²) in [5.41, 5.74) is 8.39. The molecule has 2 unspecified atom stereocenters. The molecular weight excluding hydrogens is 216 g/mol. The lowest BCUT2D eigenvalue weighted by molar-refractivity contribution is -0.154. The fraction of sp³-hybridized carbons (Fsp3) is 0.875. The second kappa shape index (κ2) is 4.26. The van der Waals surface area contributed by atoms with Gasteiger partial charge in [0.15, 0.2) is 6.29 Å². The molecule has 88 valence electrons. The van der Waals surface area contributed by atoms with E-state index in [0.29, 0.717) is 0 Å². The van der Waals surface area contributed by atoms with Crippen molar-refractivity contribution in [2.24, 2.45) is 5.11 Å². The second-order valence-electron chi connectivity index (χ2n) is 3.79. The Hall–Kier alpha value is -1.34. The fourth-order valence-electron chi connectivity index (χ4n) is 1.99. The highest BCUT2D eigenvalue weighted by Crippen LogP contribution is 2.30. The summed E-state index contributed by atoms with van der Waals surface area (Å²) in [6, 6.07) is -1.44. The average molecular weight is 228 g/mol. The summed E-state index contributed by atoms with van der Waals surface area (Å²) < 4.78 is 10.6. The highest BCUT2D eigenvalue weighted by atomic mass is 16.7. The molecular formula is C8H12N4O4. The number of fused-ring (bicyclic) bond motifs is 2. The number of azide groups is 1. The van der Waals surface area contributed by atoms with Gasteiger partial charge in [0.05, 0.1) is 24.9 Å². The van der Waals surface area contributed by atoms with Gasteiger partial charge >= 0.3 is 0 Å². The van der Waals surface area contributed by atoms with Crippen LogP contribution in [0.2, 0.25) is 0 Å². The molecule has 2 aliphatic heterocycles. The molecule has 8 heteroatoms. The molecule has 8 nitrogen and oxygen atoms in total. The maximum Gasteiger partial charge on any atom is 0.217 e. The predicted molar refractivity (Wildman–Crippen MR) is 51.2 cm³/mol. The Morgan fingerprint density at radius 1 is 1.69 bits per heavy atom. The first-order valence-corrected chi connectivity index (χ1v) is 4.90. The zero-order valence-electron chi connectivity index (χ0n) is 8.61. The lowest BCUT2D eigenvalue weighted by atomic mass is 9.97. The van der Waals surface area contributed by atoms with Crippen LogP contribution in [-0.2, 0) is 14.3 Å². The molecule has 0 aromatic rings. The summed E-state index contributed by atoms with van der Waals surface area (Å²) in [7, 11) is 0. The zero-order valence-corrected chi connectivity index (χ0v) is 8.61. The number of carbonyl (C=O) groups is 1. The highest BCUT2D eigenvalue weighted by Gasteiger charge is 2.50. The van der Waals surface area contributed by atoms with E-state index in [1.165, 1.54) is 6.92 Å². The normalized spacial score (nSPS) is 41.2. The van der Waals surface area contributed by atoms with E-state index in [1.54, 1.807) is 0 Å². The van der Waals surface area contributed by atoms with Crippen molar-refractivity contribution >= 4 is 5.91 Å². The molecule has 2 aliphatic rings. The van der Waals surface area contributed by atoms with Crippen LogP contribution in [0.1, 0.15) is 6.92 Å². The van der Waals surface area contributed by atoms with E-state index in [2.05, 4.69) is 15.3 Å². The summed E-state index contributed by atoms with van der Waals surface area (Å²) in [6.45, 7) is 1.58. The summed E-state index contributed by atoms with van der Waals surface area (Å²) in [6.07, 6.45) is -2.11. The molecule has 0 spiro atoms. The van der Waals surface area contributed by atoms with E-state index < -0.39 is 30.6 Å². The maximum absolute atomic E-state index is 11.0. The molecule has 2 N–H and O–H groups in total. The standard InChI is InChI=1S/C8H12N4O4/c1-3(13)10-6-7(14)5(11-12-9)4-2-15-8(6)16-4/h4-8,14H,2H2,1H3,(H,10,13)/t4?,5-,6?,7-,8-/m1/s1. The van der Waals surface area contributed by atoms with Crippen molar-refractivity contribution in [1.82, 2.24) is 5.32 Å². The third kappa shape index (κ3) is 1.83. The third-order valence-electron chi connectivity index (χ3n) is 2.68. The van der Waals surface area contributed by atoms with Crippen LogP contribution in [0.15, 0.2) is 5.11 Å². The molecule has 0 aromatic carbocycles. The van der Waals surface area contributed by atoms with E-state index >= 15 is 0 Å². The lowest BCUT2D eigenvalue weighted by Crippen LogP contribution is -2.59. The van der Waals surface area contributed by atoms with Gasteiger partial charge in [0.2, 0.25) is 5.91 Å². The average Bonchev–Trinajstić information content (AvgIpc) is 2.65. The first-order chi connectivity index (χ1) is 7.63. The molecule has 0 aromatic heterocycles. The van der Waals surface area contributed by atoms with E-state index in [0.717, 1.165) is 0 Å². The monoisotopic (exact) mass is 228 g/mol. The third-order valence-corrected chi connectivity index (χ3v) is 2.68. The van der Waals surface area contributed by atoms with Gasteiger partial charge in [0, 0.05) is 11.8 Å². The largest absolute Gasteiger partial charge is 0.390 e. The molecule has 0 radical (unpaired) electrons. The van der Waals surface area contributed by atoms with Crippen LogP contribution in [0.25, 0.3) is 10.4 Å². The summed E-state index contributed by atoms with van der Waals surface area (Å²) >= 11 is 0. The maximum atomic E-state index is 11.0. The molecule has 0 saturated carbocycles. The van der Waals surface area contributed by atoms with Gasteiger partial charge in [-0.05, 0) is 5.53 Å². The Kier molecular flexibility index (Phi) is 2.97. The molecule has 0 aliphatic carbocycles. The Morgan fingerprint density at radius 2 is 2.44 bits per heavy atom. The number of ether oxygens (including phenoxy) is 2. The summed E-state index contributed by atoms with van der Waals surface area (Å²) in [5.74, 6) is -0.304. The molecule has 1 amide bonds. The van der Waals surface area contributed by atoms with Crippen LogP contribution in [0.5, 0.6) is 0 Å². The topological polar surface area (TPSA) is 117 Å². The minimum atomic E-state index is -0.994. The number of nitrogens with zero attached hydrogens (tertiary/aromatic N) is 3. The van der Waals surface area contributed by atoms with Crippen molar-refractivity contribution in [1.29, 1.82) is 0 Å². The molecule has 2 bridgehead atoms. The number of carbonyl (C=O) groups excluding carboxylic acids is 1. The van der Waals surface area contributed by atoms with Crippen LogP contribution in [0.4, 0.5) is 0 Å². The first-order valence-electron chi connectivity index (χ1n) is 4.90. The number of hydrogen-bond acceptors (Lipinski definition) is 5. The second-order valence-corrected chi connectivity index (χ2v) is 3.79. The first kappa shape index (κ1) is 11.2. The number of aliphatic hydroxyl groups excluding tert-OH is 1. The minimum absolute atomic E-state index is 0.251. The Labute approximate surface area is 91.1 Å². The van der Waals surface area contributed by atoms with Gasteiger partial charge < -0.3 is 19.9 Å². The van der Waals surface area contributed by atoms with Crippen LogP contribution in [0.3, 0.4) is 0 Å². The van der Waals surface area contributed by atoms with Crippen molar-refractivity contribution in [3.8, 4) is 0 Å². The van der Waals surface area contributed by atoms with Gasteiger partial charge in [-0.25, -0.2) is 0 Å². The molecule has 2 fully saturated rings. The van der Waals surface area contributed by atoms with Crippen LogP contribution >= 0.6 is 0 Å². The van der Waals surface area contributed by atoms with Gasteiger partial charge in [-0.3, -0.25) is 4.79 Å². The molecule has 2 saturated heterocycles. The lowest BCUT2D eigenvalue weighted by Gasteiger charge is -2.36. The van der Waals surface area contributed by atoms with Crippen LogP contribution in [-0.4, -0.2) is 48.2 Å².